The Bertz CT molecular complexity index is 1150. The average molecular weight is 458 g/mol. The summed E-state index contributed by atoms with van der Waals surface area (Å²) in [5.41, 5.74) is 1.80. The summed E-state index contributed by atoms with van der Waals surface area (Å²) in [6, 6.07) is 12.5. The SMILES string of the molecule is CCCNC(=O)[C@H](C)N(Cc1ccccc1C)C(=O)CN1C(=O)c2ccccc2S1(=O)=O. The second-order valence-electron chi connectivity index (χ2n) is 7.73. The molecule has 1 atom stereocenters. The van der Waals surface area contributed by atoms with Crippen molar-refractivity contribution in [3.63, 3.8) is 0 Å². The van der Waals surface area contributed by atoms with Gasteiger partial charge in [0.2, 0.25) is 11.8 Å². The number of rotatable bonds is 8. The highest BCUT2D eigenvalue weighted by molar-refractivity contribution is 7.90. The van der Waals surface area contributed by atoms with Gasteiger partial charge in [-0.3, -0.25) is 14.4 Å². The molecular formula is C23H27N3O5S. The van der Waals surface area contributed by atoms with E-state index in [0.29, 0.717) is 10.8 Å². The molecule has 9 heteroatoms. The van der Waals surface area contributed by atoms with E-state index in [2.05, 4.69) is 5.32 Å². The number of hydrogen-bond acceptors (Lipinski definition) is 5. The fourth-order valence-electron chi connectivity index (χ4n) is 3.55. The molecule has 0 bridgehead atoms. The number of fused-ring (bicyclic) bond motifs is 1. The van der Waals surface area contributed by atoms with Gasteiger partial charge in [-0.1, -0.05) is 43.3 Å². The number of sulfonamides is 1. The Labute approximate surface area is 188 Å². The first-order valence-corrected chi connectivity index (χ1v) is 11.9. The highest BCUT2D eigenvalue weighted by Gasteiger charge is 2.43. The summed E-state index contributed by atoms with van der Waals surface area (Å²) >= 11 is 0. The highest BCUT2D eigenvalue weighted by atomic mass is 32.2. The molecule has 1 heterocycles. The van der Waals surface area contributed by atoms with Gasteiger partial charge in [0.15, 0.2) is 0 Å². The van der Waals surface area contributed by atoms with Gasteiger partial charge in [-0.05, 0) is 43.5 Å². The summed E-state index contributed by atoms with van der Waals surface area (Å²) in [6.45, 7) is 5.31. The van der Waals surface area contributed by atoms with Crippen LogP contribution in [0.15, 0.2) is 53.4 Å². The smallest absolute Gasteiger partial charge is 0.269 e. The average Bonchev–Trinajstić information content (AvgIpc) is 2.97. The van der Waals surface area contributed by atoms with E-state index in [1.165, 1.54) is 23.1 Å². The van der Waals surface area contributed by atoms with Crippen LogP contribution in [0.4, 0.5) is 0 Å². The Morgan fingerprint density at radius 1 is 1.09 bits per heavy atom. The Kier molecular flexibility index (Phi) is 6.98. The van der Waals surface area contributed by atoms with Crippen molar-refractivity contribution in [2.75, 3.05) is 13.1 Å². The lowest BCUT2D eigenvalue weighted by atomic mass is 10.1. The Balaban J connectivity index is 1.89. The maximum atomic E-state index is 13.3. The molecule has 3 amide bonds. The van der Waals surface area contributed by atoms with E-state index in [-0.39, 0.29) is 22.9 Å². The molecule has 32 heavy (non-hydrogen) atoms. The largest absolute Gasteiger partial charge is 0.354 e. The van der Waals surface area contributed by atoms with Crippen LogP contribution >= 0.6 is 0 Å². The van der Waals surface area contributed by atoms with Crippen LogP contribution in [0, 0.1) is 6.92 Å². The molecule has 0 saturated carbocycles. The summed E-state index contributed by atoms with van der Waals surface area (Å²) in [7, 11) is -4.13. The zero-order chi connectivity index (χ0) is 23.5. The Morgan fingerprint density at radius 2 is 1.75 bits per heavy atom. The first kappa shape index (κ1) is 23.5. The molecule has 0 fully saturated rings. The van der Waals surface area contributed by atoms with Crippen LogP contribution in [-0.2, 0) is 26.2 Å². The van der Waals surface area contributed by atoms with Gasteiger partial charge in [0.1, 0.15) is 17.5 Å². The molecule has 1 aliphatic heterocycles. The van der Waals surface area contributed by atoms with Gasteiger partial charge in [0.05, 0.1) is 5.56 Å². The van der Waals surface area contributed by atoms with Crippen LogP contribution in [0.25, 0.3) is 0 Å². The molecule has 0 aromatic heterocycles. The quantitative estimate of drug-likeness (QED) is 0.654. The minimum atomic E-state index is -4.13. The summed E-state index contributed by atoms with van der Waals surface area (Å²) in [5.74, 6) is -1.71. The lowest BCUT2D eigenvalue weighted by Crippen LogP contribution is -2.51. The second kappa shape index (κ2) is 9.52. The van der Waals surface area contributed by atoms with Crippen LogP contribution in [0.3, 0.4) is 0 Å². The molecule has 0 radical (unpaired) electrons. The number of hydrogen-bond donors (Lipinski definition) is 1. The van der Waals surface area contributed by atoms with E-state index in [9.17, 15) is 22.8 Å². The summed E-state index contributed by atoms with van der Waals surface area (Å²) in [6.07, 6.45) is 0.739. The molecule has 0 saturated heterocycles. The Hall–Kier alpha value is -3.20. The third-order valence-corrected chi connectivity index (χ3v) is 7.30. The third kappa shape index (κ3) is 4.52. The number of amides is 3. The van der Waals surface area contributed by atoms with Crippen LogP contribution in [0.2, 0.25) is 0 Å². The molecule has 170 valence electrons. The zero-order valence-corrected chi connectivity index (χ0v) is 19.2. The standard InChI is InChI=1S/C23H27N3O5S/c1-4-13-24-22(28)17(3)25(14-18-10-6-5-9-16(18)2)21(27)15-26-23(29)19-11-7-8-12-20(19)32(26,30)31/h5-12,17H,4,13-15H2,1-3H3,(H,24,28)/t17-/m0/s1. The topological polar surface area (TPSA) is 104 Å². The maximum Gasteiger partial charge on any atom is 0.269 e. The Morgan fingerprint density at radius 3 is 2.41 bits per heavy atom. The van der Waals surface area contributed by atoms with E-state index in [0.717, 1.165) is 17.5 Å². The van der Waals surface area contributed by atoms with Gasteiger partial charge in [0, 0.05) is 13.1 Å². The minimum Gasteiger partial charge on any atom is -0.354 e. The number of nitrogens with zero attached hydrogens (tertiary/aromatic N) is 2. The van der Waals surface area contributed by atoms with Crippen molar-refractivity contribution in [3.05, 3.63) is 65.2 Å². The third-order valence-electron chi connectivity index (χ3n) is 5.51. The number of nitrogens with one attached hydrogen (secondary N) is 1. The van der Waals surface area contributed by atoms with Crippen molar-refractivity contribution in [1.82, 2.24) is 14.5 Å². The van der Waals surface area contributed by atoms with Gasteiger partial charge in [-0.15, -0.1) is 0 Å². The molecule has 8 nitrogen and oxygen atoms in total. The molecule has 0 unspecified atom stereocenters. The predicted octanol–water partition coefficient (Wildman–Crippen LogP) is 2.08. The number of carbonyl (C=O) groups excluding carboxylic acids is 3. The molecule has 3 rings (SSSR count). The molecule has 2 aromatic carbocycles. The van der Waals surface area contributed by atoms with E-state index < -0.39 is 34.4 Å². The summed E-state index contributed by atoms with van der Waals surface area (Å²) in [4.78, 5) is 39.9. The van der Waals surface area contributed by atoms with Crippen molar-refractivity contribution in [2.45, 2.75) is 44.7 Å². The second-order valence-corrected chi connectivity index (χ2v) is 9.56. The van der Waals surface area contributed by atoms with E-state index in [4.69, 9.17) is 0 Å². The zero-order valence-electron chi connectivity index (χ0n) is 18.4. The van der Waals surface area contributed by atoms with Gasteiger partial charge in [-0.25, -0.2) is 12.7 Å². The normalized spacial score (nSPS) is 15.2. The van der Waals surface area contributed by atoms with E-state index >= 15 is 0 Å². The van der Waals surface area contributed by atoms with Gasteiger partial charge >= 0.3 is 0 Å². The van der Waals surface area contributed by atoms with Crippen molar-refractivity contribution in [2.24, 2.45) is 0 Å². The fourth-order valence-corrected chi connectivity index (χ4v) is 5.07. The number of aryl methyl sites for hydroxylation is 1. The monoisotopic (exact) mass is 457 g/mol. The lowest BCUT2D eigenvalue weighted by molar-refractivity contribution is -0.140. The minimum absolute atomic E-state index is 0.0412. The van der Waals surface area contributed by atoms with Crippen molar-refractivity contribution < 1.29 is 22.8 Å². The molecule has 2 aromatic rings. The van der Waals surface area contributed by atoms with E-state index in [1.807, 2.05) is 38.1 Å². The van der Waals surface area contributed by atoms with Crippen LogP contribution < -0.4 is 5.32 Å². The molecule has 1 aliphatic rings. The molecule has 0 aliphatic carbocycles. The lowest BCUT2D eigenvalue weighted by Gasteiger charge is -2.30. The number of carbonyl (C=O) groups is 3. The first-order chi connectivity index (χ1) is 15.2. The van der Waals surface area contributed by atoms with Gasteiger partial charge in [-0.2, -0.15) is 0 Å². The van der Waals surface area contributed by atoms with Crippen LogP contribution in [-0.4, -0.2) is 54.5 Å². The molecule has 0 spiro atoms. The fraction of sp³-hybridized carbons (Fsp3) is 0.348. The predicted molar refractivity (Wildman–Crippen MR) is 119 cm³/mol. The summed E-state index contributed by atoms with van der Waals surface area (Å²) < 4.78 is 26.3. The van der Waals surface area contributed by atoms with Gasteiger partial charge < -0.3 is 10.2 Å². The van der Waals surface area contributed by atoms with Crippen LogP contribution in [0.1, 0.15) is 41.8 Å². The maximum absolute atomic E-state index is 13.3. The number of benzene rings is 2. The van der Waals surface area contributed by atoms with E-state index in [1.54, 1.807) is 13.0 Å². The van der Waals surface area contributed by atoms with Gasteiger partial charge in [0.25, 0.3) is 15.9 Å². The first-order valence-electron chi connectivity index (χ1n) is 10.5. The van der Waals surface area contributed by atoms with Crippen molar-refractivity contribution in [1.29, 1.82) is 0 Å². The summed E-state index contributed by atoms with van der Waals surface area (Å²) in [5, 5.41) is 2.77. The van der Waals surface area contributed by atoms with Crippen LogP contribution in [0.5, 0.6) is 0 Å². The van der Waals surface area contributed by atoms with Crippen molar-refractivity contribution >= 4 is 27.7 Å². The van der Waals surface area contributed by atoms with Crippen molar-refractivity contribution in [3.8, 4) is 0 Å². The molecule has 1 N–H and O–H groups in total. The molecular weight excluding hydrogens is 430 g/mol. The highest BCUT2D eigenvalue weighted by Crippen LogP contribution is 2.30.